The van der Waals surface area contributed by atoms with Gasteiger partial charge in [-0.15, -0.1) is 0 Å². The van der Waals surface area contributed by atoms with Crippen molar-refractivity contribution in [2.24, 2.45) is 4.99 Å². The van der Waals surface area contributed by atoms with Crippen molar-refractivity contribution in [2.45, 2.75) is 84.7 Å². The van der Waals surface area contributed by atoms with Gasteiger partial charge >= 0.3 is 0 Å². The zero-order valence-electron chi connectivity index (χ0n) is 18.2. The minimum atomic E-state index is 0.464. The normalized spacial score (nSPS) is 20.4. The lowest BCUT2D eigenvalue weighted by atomic mass is 10.0. The second-order valence-electron chi connectivity index (χ2n) is 7.80. The topological polar surface area (TPSA) is 42.9 Å². The van der Waals surface area contributed by atoms with Crippen molar-refractivity contribution in [3.05, 3.63) is 0 Å². The molecule has 0 aromatic heterocycles. The van der Waals surface area contributed by atoms with E-state index in [1.807, 2.05) is 7.05 Å². The fraction of sp³-hybridized carbons (Fsp3) is 0.952. The summed E-state index contributed by atoms with van der Waals surface area (Å²) in [6, 6.07) is 1.24. The maximum Gasteiger partial charge on any atom is 0.191 e. The SMILES string of the molecule is CCN(CC)CCCC(C)NC(=NC)NCCCCN1CCCCC1C. The highest BCUT2D eigenvalue weighted by Crippen LogP contribution is 2.16. The van der Waals surface area contributed by atoms with E-state index in [9.17, 15) is 0 Å². The summed E-state index contributed by atoms with van der Waals surface area (Å²) in [7, 11) is 1.87. The lowest BCUT2D eigenvalue weighted by Gasteiger charge is -2.33. The van der Waals surface area contributed by atoms with Gasteiger partial charge in [-0.2, -0.15) is 0 Å². The number of guanidine groups is 1. The van der Waals surface area contributed by atoms with Crippen molar-refractivity contribution < 1.29 is 0 Å². The molecule has 1 aliphatic rings. The first-order chi connectivity index (χ1) is 12.6. The molecule has 5 heteroatoms. The highest BCUT2D eigenvalue weighted by Gasteiger charge is 2.17. The van der Waals surface area contributed by atoms with Crippen LogP contribution in [0.4, 0.5) is 0 Å². The lowest BCUT2D eigenvalue weighted by Crippen LogP contribution is -2.43. The Morgan fingerprint density at radius 2 is 1.96 bits per heavy atom. The molecule has 0 aromatic rings. The minimum absolute atomic E-state index is 0.464. The van der Waals surface area contributed by atoms with E-state index in [1.54, 1.807) is 0 Å². The average molecular weight is 368 g/mol. The number of aliphatic imine (C=N–C) groups is 1. The maximum absolute atomic E-state index is 4.38. The Hall–Kier alpha value is -0.810. The van der Waals surface area contributed by atoms with Gasteiger partial charge in [0.05, 0.1) is 0 Å². The molecule has 1 rings (SSSR count). The Morgan fingerprint density at radius 1 is 1.19 bits per heavy atom. The van der Waals surface area contributed by atoms with E-state index in [-0.39, 0.29) is 0 Å². The van der Waals surface area contributed by atoms with Crippen molar-refractivity contribution in [1.29, 1.82) is 0 Å². The number of piperidine rings is 1. The average Bonchev–Trinajstić information content (AvgIpc) is 2.65. The van der Waals surface area contributed by atoms with Crippen LogP contribution in [0, 0.1) is 0 Å². The quantitative estimate of drug-likeness (QED) is 0.315. The van der Waals surface area contributed by atoms with Crippen molar-refractivity contribution in [3.8, 4) is 0 Å². The molecular formula is C21H45N5. The molecule has 2 atom stereocenters. The van der Waals surface area contributed by atoms with Crippen LogP contribution in [0.25, 0.3) is 0 Å². The summed E-state index contributed by atoms with van der Waals surface area (Å²) in [5, 5.41) is 7.01. The van der Waals surface area contributed by atoms with Gasteiger partial charge in [0.25, 0.3) is 0 Å². The van der Waals surface area contributed by atoms with Crippen LogP contribution in [0.2, 0.25) is 0 Å². The van der Waals surface area contributed by atoms with Crippen LogP contribution in [0.1, 0.15) is 72.6 Å². The van der Waals surface area contributed by atoms with Gasteiger partial charge in [-0.1, -0.05) is 20.3 Å². The number of hydrogen-bond acceptors (Lipinski definition) is 3. The summed E-state index contributed by atoms with van der Waals surface area (Å²) < 4.78 is 0. The molecule has 0 saturated carbocycles. The summed E-state index contributed by atoms with van der Waals surface area (Å²) in [5.74, 6) is 0.951. The standard InChI is InChI=1S/C21H45N5/c1-6-25(7-2)16-12-13-19(3)24-21(22-5)23-15-9-11-18-26-17-10-8-14-20(26)4/h19-20H,6-18H2,1-5H3,(H2,22,23,24). The molecule has 5 nitrogen and oxygen atoms in total. The van der Waals surface area contributed by atoms with Crippen LogP contribution < -0.4 is 10.6 Å². The van der Waals surface area contributed by atoms with Crippen molar-refractivity contribution in [2.75, 3.05) is 46.3 Å². The molecule has 0 radical (unpaired) electrons. The third-order valence-corrected chi connectivity index (χ3v) is 5.72. The summed E-state index contributed by atoms with van der Waals surface area (Å²) >= 11 is 0. The fourth-order valence-electron chi connectivity index (χ4n) is 3.80. The largest absolute Gasteiger partial charge is 0.356 e. The van der Waals surface area contributed by atoms with Crippen LogP contribution in [-0.4, -0.2) is 74.2 Å². The smallest absolute Gasteiger partial charge is 0.191 e. The summed E-state index contributed by atoms with van der Waals surface area (Å²) in [5.41, 5.74) is 0. The van der Waals surface area contributed by atoms with Crippen molar-refractivity contribution >= 4 is 5.96 Å². The molecule has 1 heterocycles. The molecule has 154 valence electrons. The molecule has 1 fully saturated rings. The summed E-state index contributed by atoms with van der Waals surface area (Å²) in [6.07, 6.45) is 9.07. The van der Waals surface area contributed by atoms with Gasteiger partial charge in [0.1, 0.15) is 0 Å². The second kappa shape index (κ2) is 14.3. The van der Waals surface area contributed by atoms with E-state index in [1.165, 1.54) is 64.6 Å². The summed E-state index contributed by atoms with van der Waals surface area (Å²) in [4.78, 5) is 9.53. The van der Waals surface area contributed by atoms with E-state index in [0.717, 1.165) is 31.6 Å². The minimum Gasteiger partial charge on any atom is -0.356 e. The number of likely N-dealkylation sites (tertiary alicyclic amines) is 1. The molecule has 0 aliphatic carbocycles. The predicted molar refractivity (Wildman–Crippen MR) is 115 cm³/mol. The van der Waals surface area contributed by atoms with Gasteiger partial charge < -0.3 is 20.4 Å². The molecule has 2 unspecified atom stereocenters. The highest BCUT2D eigenvalue weighted by atomic mass is 15.2. The predicted octanol–water partition coefficient (Wildman–Crippen LogP) is 3.32. The number of nitrogens with zero attached hydrogens (tertiary/aromatic N) is 3. The third-order valence-electron chi connectivity index (χ3n) is 5.72. The molecule has 2 N–H and O–H groups in total. The van der Waals surface area contributed by atoms with Gasteiger partial charge in [0.15, 0.2) is 5.96 Å². The van der Waals surface area contributed by atoms with Gasteiger partial charge in [-0.3, -0.25) is 4.99 Å². The Morgan fingerprint density at radius 3 is 2.62 bits per heavy atom. The molecule has 0 bridgehead atoms. The third kappa shape index (κ3) is 9.77. The fourth-order valence-corrected chi connectivity index (χ4v) is 3.80. The number of nitrogens with one attached hydrogen (secondary N) is 2. The number of unbranched alkanes of at least 4 members (excludes halogenated alkanes) is 1. The second-order valence-corrected chi connectivity index (χ2v) is 7.80. The van der Waals surface area contributed by atoms with Gasteiger partial charge in [0, 0.05) is 25.7 Å². The first-order valence-corrected chi connectivity index (χ1v) is 11.0. The van der Waals surface area contributed by atoms with Crippen LogP contribution in [0.5, 0.6) is 0 Å². The summed E-state index contributed by atoms with van der Waals surface area (Å²) in [6.45, 7) is 16.2. The molecular weight excluding hydrogens is 322 g/mol. The van der Waals surface area contributed by atoms with E-state index >= 15 is 0 Å². The monoisotopic (exact) mass is 367 g/mol. The van der Waals surface area contributed by atoms with Crippen LogP contribution >= 0.6 is 0 Å². The molecule has 0 amide bonds. The van der Waals surface area contributed by atoms with E-state index < -0.39 is 0 Å². The first kappa shape index (κ1) is 23.2. The highest BCUT2D eigenvalue weighted by molar-refractivity contribution is 5.79. The zero-order chi connectivity index (χ0) is 19.2. The van der Waals surface area contributed by atoms with Gasteiger partial charge in [-0.05, 0) is 85.1 Å². The van der Waals surface area contributed by atoms with E-state index in [2.05, 4.69) is 53.1 Å². The van der Waals surface area contributed by atoms with Crippen molar-refractivity contribution in [1.82, 2.24) is 20.4 Å². The Bertz CT molecular complexity index is 367. The molecule has 0 spiro atoms. The number of rotatable bonds is 12. The molecule has 1 aliphatic heterocycles. The van der Waals surface area contributed by atoms with E-state index in [4.69, 9.17) is 0 Å². The molecule has 0 aromatic carbocycles. The van der Waals surface area contributed by atoms with Crippen molar-refractivity contribution in [3.63, 3.8) is 0 Å². The number of hydrogen-bond donors (Lipinski definition) is 2. The first-order valence-electron chi connectivity index (χ1n) is 11.0. The van der Waals surface area contributed by atoms with E-state index in [0.29, 0.717) is 6.04 Å². The zero-order valence-corrected chi connectivity index (χ0v) is 18.2. The Labute approximate surface area is 163 Å². The van der Waals surface area contributed by atoms with Crippen LogP contribution in [0.3, 0.4) is 0 Å². The maximum atomic E-state index is 4.38. The molecule has 1 saturated heterocycles. The van der Waals surface area contributed by atoms with Crippen LogP contribution in [-0.2, 0) is 0 Å². The van der Waals surface area contributed by atoms with Gasteiger partial charge in [0.2, 0.25) is 0 Å². The Kier molecular flexibility index (Phi) is 12.8. The molecule has 26 heavy (non-hydrogen) atoms. The lowest BCUT2D eigenvalue weighted by molar-refractivity contribution is 0.158. The van der Waals surface area contributed by atoms with Crippen LogP contribution in [0.15, 0.2) is 4.99 Å². The Balaban J connectivity index is 2.10. The van der Waals surface area contributed by atoms with Gasteiger partial charge in [-0.25, -0.2) is 0 Å².